The molecule has 4 nitrogen and oxygen atoms in total. The van der Waals surface area contributed by atoms with Crippen LogP contribution in [0.4, 0.5) is 0 Å². The molecule has 0 saturated carbocycles. The van der Waals surface area contributed by atoms with Gasteiger partial charge in [-0.1, -0.05) is 13.8 Å². The second kappa shape index (κ2) is 5.72. The summed E-state index contributed by atoms with van der Waals surface area (Å²) < 4.78 is 1.79. The van der Waals surface area contributed by atoms with Crippen molar-refractivity contribution >= 4 is 5.91 Å². The first-order valence-corrected chi connectivity index (χ1v) is 7.53. The average Bonchev–Trinajstić information content (AvgIpc) is 3.00. The minimum absolute atomic E-state index is 0.139. The number of piperidine rings is 1. The van der Waals surface area contributed by atoms with E-state index in [0.717, 1.165) is 24.3 Å². The van der Waals surface area contributed by atoms with E-state index in [1.807, 2.05) is 41.4 Å². The third-order valence-electron chi connectivity index (χ3n) is 4.04. The lowest BCUT2D eigenvalue weighted by molar-refractivity contribution is 0.0623. The van der Waals surface area contributed by atoms with Crippen LogP contribution < -0.4 is 0 Å². The first kappa shape index (κ1) is 13.9. The van der Waals surface area contributed by atoms with Gasteiger partial charge < -0.3 is 4.90 Å². The predicted octanol–water partition coefficient (Wildman–Crippen LogP) is 2.99. The van der Waals surface area contributed by atoms with Gasteiger partial charge in [0.1, 0.15) is 0 Å². The second-order valence-corrected chi connectivity index (χ2v) is 6.15. The Morgan fingerprint density at radius 1 is 1.14 bits per heavy atom. The van der Waals surface area contributed by atoms with Gasteiger partial charge in [-0.25, -0.2) is 4.68 Å². The summed E-state index contributed by atoms with van der Waals surface area (Å²) in [4.78, 5) is 14.6. The van der Waals surface area contributed by atoms with Crippen LogP contribution in [0.1, 0.15) is 30.6 Å². The van der Waals surface area contributed by atoms with Crippen molar-refractivity contribution in [2.24, 2.45) is 11.8 Å². The van der Waals surface area contributed by atoms with E-state index in [4.69, 9.17) is 0 Å². The largest absolute Gasteiger partial charge is 0.338 e. The zero-order valence-electron chi connectivity index (χ0n) is 12.6. The number of nitrogens with zero attached hydrogens (tertiary/aromatic N) is 3. The minimum Gasteiger partial charge on any atom is -0.338 e. The molecule has 2 heterocycles. The number of benzene rings is 1. The SMILES string of the molecule is C[C@@H]1C[C@@H](C)CN(C(=O)c2ccc(-n3cccn3)cc2)C1. The first-order valence-electron chi connectivity index (χ1n) is 7.53. The maximum absolute atomic E-state index is 12.6. The maximum Gasteiger partial charge on any atom is 0.253 e. The quantitative estimate of drug-likeness (QED) is 0.850. The van der Waals surface area contributed by atoms with Crippen LogP contribution in [-0.2, 0) is 0 Å². The first-order chi connectivity index (χ1) is 10.1. The van der Waals surface area contributed by atoms with Gasteiger partial charge in [-0.05, 0) is 48.6 Å². The van der Waals surface area contributed by atoms with Crippen molar-refractivity contribution in [3.63, 3.8) is 0 Å². The van der Waals surface area contributed by atoms with Gasteiger partial charge in [-0.15, -0.1) is 0 Å². The molecule has 1 fully saturated rings. The molecule has 1 aliphatic rings. The van der Waals surface area contributed by atoms with E-state index in [-0.39, 0.29) is 5.91 Å². The summed E-state index contributed by atoms with van der Waals surface area (Å²) in [5.41, 5.74) is 1.73. The second-order valence-electron chi connectivity index (χ2n) is 6.15. The number of hydrogen-bond donors (Lipinski definition) is 0. The Labute approximate surface area is 125 Å². The van der Waals surface area contributed by atoms with Crippen LogP contribution in [0.15, 0.2) is 42.7 Å². The third-order valence-corrected chi connectivity index (χ3v) is 4.04. The normalized spacial score (nSPS) is 22.3. The molecule has 2 atom stereocenters. The van der Waals surface area contributed by atoms with Crippen LogP contribution in [0.3, 0.4) is 0 Å². The number of amides is 1. The molecule has 1 amide bonds. The number of aromatic nitrogens is 2. The van der Waals surface area contributed by atoms with Crippen molar-refractivity contribution in [2.45, 2.75) is 20.3 Å². The average molecular weight is 283 g/mol. The molecule has 0 aliphatic carbocycles. The summed E-state index contributed by atoms with van der Waals surface area (Å²) in [6.45, 7) is 6.17. The lowest BCUT2D eigenvalue weighted by atomic mass is 9.91. The number of rotatable bonds is 2. The van der Waals surface area contributed by atoms with Crippen molar-refractivity contribution in [1.82, 2.24) is 14.7 Å². The molecule has 0 N–H and O–H groups in total. The molecule has 0 radical (unpaired) electrons. The lowest BCUT2D eigenvalue weighted by Crippen LogP contribution is -2.42. The van der Waals surface area contributed by atoms with Gasteiger partial charge in [0.15, 0.2) is 0 Å². The fourth-order valence-corrected chi connectivity index (χ4v) is 3.19. The van der Waals surface area contributed by atoms with Crippen molar-refractivity contribution in [3.05, 3.63) is 48.3 Å². The van der Waals surface area contributed by atoms with Crippen molar-refractivity contribution in [2.75, 3.05) is 13.1 Å². The molecule has 3 rings (SSSR count). The summed E-state index contributed by atoms with van der Waals surface area (Å²) >= 11 is 0. The maximum atomic E-state index is 12.6. The van der Waals surface area contributed by atoms with E-state index < -0.39 is 0 Å². The van der Waals surface area contributed by atoms with Gasteiger partial charge >= 0.3 is 0 Å². The predicted molar refractivity (Wildman–Crippen MR) is 82.4 cm³/mol. The number of hydrogen-bond acceptors (Lipinski definition) is 2. The highest BCUT2D eigenvalue weighted by Gasteiger charge is 2.25. The van der Waals surface area contributed by atoms with Gasteiger partial charge in [-0.3, -0.25) is 4.79 Å². The zero-order valence-corrected chi connectivity index (χ0v) is 12.6. The lowest BCUT2D eigenvalue weighted by Gasteiger charge is -2.35. The van der Waals surface area contributed by atoms with E-state index in [2.05, 4.69) is 18.9 Å². The van der Waals surface area contributed by atoms with E-state index in [1.165, 1.54) is 6.42 Å². The Bertz CT molecular complexity index is 593. The number of carbonyl (C=O) groups excluding carboxylic acids is 1. The fourth-order valence-electron chi connectivity index (χ4n) is 3.19. The van der Waals surface area contributed by atoms with Crippen LogP contribution in [-0.4, -0.2) is 33.7 Å². The van der Waals surface area contributed by atoms with Crippen LogP contribution in [0, 0.1) is 11.8 Å². The summed E-state index contributed by atoms with van der Waals surface area (Å²) in [6.07, 6.45) is 4.85. The number of likely N-dealkylation sites (tertiary alicyclic amines) is 1. The molecular weight excluding hydrogens is 262 g/mol. The number of carbonyl (C=O) groups is 1. The molecule has 0 spiro atoms. The minimum atomic E-state index is 0.139. The van der Waals surface area contributed by atoms with E-state index >= 15 is 0 Å². The summed E-state index contributed by atoms with van der Waals surface area (Å²) in [5.74, 6) is 1.31. The molecule has 1 aliphatic heterocycles. The molecule has 21 heavy (non-hydrogen) atoms. The highest BCUT2D eigenvalue weighted by molar-refractivity contribution is 5.94. The van der Waals surface area contributed by atoms with Crippen molar-refractivity contribution < 1.29 is 4.79 Å². The Hall–Kier alpha value is -2.10. The molecule has 1 saturated heterocycles. The van der Waals surface area contributed by atoms with Gasteiger partial charge in [0.2, 0.25) is 0 Å². The molecule has 0 bridgehead atoms. The fraction of sp³-hybridized carbons (Fsp3) is 0.412. The Morgan fingerprint density at radius 3 is 2.38 bits per heavy atom. The Kier molecular flexibility index (Phi) is 3.78. The Balaban J connectivity index is 1.76. The van der Waals surface area contributed by atoms with E-state index in [1.54, 1.807) is 10.9 Å². The van der Waals surface area contributed by atoms with Crippen LogP contribution in [0.5, 0.6) is 0 Å². The van der Waals surface area contributed by atoms with Crippen LogP contribution in [0.2, 0.25) is 0 Å². The monoisotopic (exact) mass is 283 g/mol. The molecule has 110 valence electrons. The van der Waals surface area contributed by atoms with Gasteiger partial charge in [0.25, 0.3) is 5.91 Å². The Morgan fingerprint density at radius 2 is 1.81 bits per heavy atom. The van der Waals surface area contributed by atoms with Gasteiger partial charge in [0, 0.05) is 31.0 Å². The van der Waals surface area contributed by atoms with E-state index in [9.17, 15) is 4.79 Å². The highest BCUT2D eigenvalue weighted by Crippen LogP contribution is 2.22. The van der Waals surface area contributed by atoms with Crippen molar-refractivity contribution in [3.8, 4) is 5.69 Å². The molecule has 2 aromatic rings. The van der Waals surface area contributed by atoms with Crippen LogP contribution in [0.25, 0.3) is 5.69 Å². The summed E-state index contributed by atoms with van der Waals surface area (Å²) in [5, 5.41) is 4.19. The van der Waals surface area contributed by atoms with Gasteiger partial charge in [0.05, 0.1) is 5.69 Å². The third kappa shape index (κ3) is 2.99. The smallest absolute Gasteiger partial charge is 0.253 e. The summed E-state index contributed by atoms with van der Waals surface area (Å²) in [7, 11) is 0. The van der Waals surface area contributed by atoms with E-state index in [0.29, 0.717) is 11.8 Å². The van der Waals surface area contributed by atoms with Gasteiger partial charge in [-0.2, -0.15) is 5.10 Å². The molecule has 1 aromatic heterocycles. The van der Waals surface area contributed by atoms with Crippen molar-refractivity contribution in [1.29, 1.82) is 0 Å². The highest BCUT2D eigenvalue weighted by atomic mass is 16.2. The summed E-state index contributed by atoms with van der Waals surface area (Å²) in [6, 6.07) is 9.55. The zero-order chi connectivity index (χ0) is 14.8. The molecular formula is C17H21N3O. The standard InChI is InChI=1S/C17H21N3O/c1-13-10-14(2)12-19(11-13)17(21)15-4-6-16(7-5-15)20-9-3-8-18-20/h3-9,13-14H,10-12H2,1-2H3/t13-,14-/m1/s1. The molecule has 0 unspecified atom stereocenters. The van der Waals surface area contributed by atoms with Crippen LogP contribution >= 0.6 is 0 Å². The topological polar surface area (TPSA) is 38.1 Å². The molecule has 4 heteroatoms. The molecule has 1 aromatic carbocycles.